The van der Waals surface area contributed by atoms with Crippen molar-refractivity contribution in [3.63, 3.8) is 0 Å². The Kier molecular flexibility index (Phi) is 3.42. The lowest BCUT2D eigenvalue weighted by Crippen LogP contribution is -2.05. The second kappa shape index (κ2) is 4.99. The van der Waals surface area contributed by atoms with E-state index >= 15 is 0 Å². The van der Waals surface area contributed by atoms with E-state index in [1.54, 1.807) is 0 Å². The molecular weight excluding hydrogens is 212 g/mol. The van der Waals surface area contributed by atoms with E-state index in [4.69, 9.17) is 0 Å². The molecule has 0 radical (unpaired) electrons. The van der Waals surface area contributed by atoms with E-state index in [1.807, 2.05) is 32.3 Å². The fraction of sp³-hybridized carbons (Fsp3) is 0.385. The Morgan fingerprint density at radius 2 is 2.18 bits per heavy atom. The van der Waals surface area contributed by atoms with Crippen LogP contribution in [0.25, 0.3) is 11.4 Å². The van der Waals surface area contributed by atoms with Gasteiger partial charge < -0.3 is 10.3 Å². The Labute approximate surface area is 102 Å². The number of anilines is 1. The first-order valence-electron chi connectivity index (χ1n) is 5.95. The number of nitrogens with zero attached hydrogens (tertiary/aromatic N) is 2. The van der Waals surface area contributed by atoms with Gasteiger partial charge in [-0.05, 0) is 25.5 Å². The minimum absolute atomic E-state index is 0.895. The first kappa shape index (κ1) is 11.6. The summed E-state index contributed by atoms with van der Waals surface area (Å²) in [4.78, 5) is 12.3. The van der Waals surface area contributed by atoms with Crippen LogP contribution in [-0.4, -0.2) is 22.0 Å². The molecule has 90 valence electrons. The Morgan fingerprint density at radius 3 is 2.76 bits per heavy atom. The molecule has 0 spiro atoms. The first-order valence-corrected chi connectivity index (χ1v) is 5.95. The third kappa shape index (κ3) is 2.30. The van der Waals surface area contributed by atoms with Crippen LogP contribution in [-0.2, 0) is 6.42 Å². The van der Waals surface area contributed by atoms with Crippen LogP contribution >= 0.6 is 0 Å². The summed E-state index contributed by atoms with van der Waals surface area (Å²) in [6.45, 7) is 4.17. The van der Waals surface area contributed by atoms with Crippen LogP contribution < -0.4 is 5.32 Å². The topological polar surface area (TPSA) is 53.6 Å². The van der Waals surface area contributed by atoms with Gasteiger partial charge >= 0.3 is 0 Å². The Bertz CT molecular complexity index is 488. The number of aryl methyl sites for hydroxylation is 1. The lowest BCUT2D eigenvalue weighted by molar-refractivity contribution is 0.834. The summed E-state index contributed by atoms with van der Waals surface area (Å²) in [6.07, 6.45) is 3.87. The maximum atomic E-state index is 4.63. The van der Waals surface area contributed by atoms with Gasteiger partial charge in [0.25, 0.3) is 0 Å². The summed E-state index contributed by atoms with van der Waals surface area (Å²) in [5.74, 6) is 1.81. The molecule has 2 rings (SSSR count). The van der Waals surface area contributed by atoms with Gasteiger partial charge in [-0.1, -0.05) is 6.92 Å². The summed E-state index contributed by atoms with van der Waals surface area (Å²) in [5.41, 5.74) is 3.10. The zero-order chi connectivity index (χ0) is 12.3. The van der Waals surface area contributed by atoms with Crippen molar-refractivity contribution >= 4 is 5.82 Å². The molecule has 0 saturated heterocycles. The summed E-state index contributed by atoms with van der Waals surface area (Å²) >= 11 is 0. The summed E-state index contributed by atoms with van der Waals surface area (Å²) in [7, 11) is 1.89. The molecule has 2 N–H and O–H groups in total. The maximum absolute atomic E-state index is 4.63. The average Bonchev–Trinajstić information content (AvgIpc) is 2.85. The van der Waals surface area contributed by atoms with Gasteiger partial charge in [0.2, 0.25) is 0 Å². The highest BCUT2D eigenvalue weighted by molar-refractivity contribution is 5.65. The van der Waals surface area contributed by atoms with Crippen molar-refractivity contribution in [1.29, 1.82) is 0 Å². The van der Waals surface area contributed by atoms with Crippen LogP contribution in [0.3, 0.4) is 0 Å². The number of hydrogen-bond acceptors (Lipinski definition) is 3. The highest BCUT2D eigenvalue weighted by Gasteiger charge is 2.11. The van der Waals surface area contributed by atoms with E-state index in [0.717, 1.165) is 41.4 Å². The number of hydrogen-bond donors (Lipinski definition) is 2. The normalized spacial score (nSPS) is 10.5. The number of H-pyrrole nitrogens is 1. The van der Waals surface area contributed by atoms with Crippen molar-refractivity contribution in [3.8, 4) is 11.4 Å². The second-order valence-electron chi connectivity index (χ2n) is 4.05. The Hall–Kier alpha value is -1.84. The van der Waals surface area contributed by atoms with Gasteiger partial charge in [0, 0.05) is 25.2 Å². The molecule has 4 nitrogen and oxygen atoms in total. The van der Waals surface area contributed by atoms with E-state index in [1.165, 1.54) is 0 Å². The van der Waals surface area contributed by atoms with Crippen molar-refractivity contribution in [1.82, 2.24) is 15.0 Å². The predicted molar refractivity (Wildman–Crippen MR) is 70.1 cm³/mol. The van der Waals surface area contributed by atoms with Gasteiger partial charge in [-0.15, -0.1) is 0 Å². The highest BCUT2D eigenvalue weighted by atomic mass is 15.0. The molecule has 0 amide bonds. The lowest BCUT2D eigenvalue weighted by atomic mass is 10.1. The minimum atomic E-state index is 0.895. The smallest absolute Gasteiger partial charge is 0.133 e. The van der Waals surface area contributed by atoms with E-state index < -0.39 is 0 Å². The fourth-order valence-electron chi connectivity index (χ4n) is 1.88. The molecule has 0 aliphatic rings. The number of aromatic nitrogens is 3. The maximum Gasteiger partial charge on any atom is 0.133 e. The largest absolute Gasteiger partial charge is 0.373 e. The number of nitrogens with one attached hydrogen (secondary N) is 2. The molecule has 2 heterocycles. The average molecular weight is 230 g/mol. The Morgan fingerprint density at radius 1 is 1.35 bits per heavy atom. The fourth-order valence-corrected chi connectivity index (χ4v) is 1.88. The van der Waals surface area contributed by atoms with Gasteiger partial charge in [0.1, 0.15) is 11.6 Å². The van der Waals surface area contributed by atoms with Crippen LogP contribution in [0.4, 0.5) is 5.82 Å². The van der Waals surface area contributed by atoms with Gasteiger partial charge in [0.05, 0.1) is 11.4 Å². The van der Waals surface area contributed by atoms with Crippen molar-refractivity contribution in [2.45, 2.75) is 26.7 Å². The van der Waals surface area contributed by atoms with Crippen molar-refractivity contribution < 1.29 is 0 Å². The lowest BCUT2D eigenvalue weighted by Gasteiger charge is -2.11. The summed E-state index contributed by atoms with van der Waals surface area (Å²) in [5, 5.41) is 3.13. The number of rotatable bonds is 4. The van der Waals surface area contributed by atoms with Crippen molar-refractivity contribution in [2.75, 3.05) is 12.4 Å². The quantitative estimate of drug-likeness (QED) is 0.849. The molecule has 2 aromatic heterocycles. The third-order valence-electron chi connectivity index (χ3n) is 2.76. The van der Waals surface area contributed by atoms with E-state index in [-0.39, 0.29) is 0 Å². The van der Waals surface area contributed by atoms with Gasteiger partial charge in [0.15, 0.2) is 0 Å². The predicted octanol–water partition coefficient (Wildman–Crippen LogP) is 2.77. The van der Waals surface area contributed by atoms with Gasteiger partial charge in [-0.3, -0.25) is 0 Å². The van der Waals surface area contributed by atoms with Crippen LogP contribution in [0.2, 0.25) is 0 Å². The molecule has 2 aromatic rings. The molecule has 0 aromatic carbocycles. The monoisotopic (exact) mass is 230 g/mol. The van der Waals surface area contributed by atoms with Crippen molar-refractivity contribution in [3.05, 3.63) is 29.7 Å². The van der Waals surface area contributed by atoms with Crippen LogP contribution in [0, 0.1) is 6.92 Å². The third-order valence-corrected chi connectivity index (χ3v) is 2.76. The van der Waals surface area contributed by atoms with Crippen LogP contribution in [0.5, 0.6) is 0 Å². The highest BCUT2D eigenvalue weighted by Crippen LogP contribution is 2.24. The zero-order valence-electron chi connectivity index (χ0n) is 10.5. The molecule has 0 bridgehead atoms. The molecule has 17 heavy (non-hydrogen) atoms. The molecule has 0 fully saturated rings. The molecule has 0 aliphatic carbocycles. The molecule has 4 heteroatoms. The van der Waals surface area contributed by atoms with Gasteiger partial charge in [-0.2, -0.15) is 0 Å². The molecular formula is C13H18N4. The standard InChI is InChI=1S/C13H18N4/c1-4-6-11-16-12(10-7-5-8-15-10)9(2)13(14-3)17-11/h5,7-8,15H,4,6H2,1-3H3,(H,14,16,17). The molecule has 0 unspecified atom stereocenters. The van der Waals surface area contributed by atoms with Crippen LogP contribution in [0.15, 0.2) is 18.3 Å². The van der Waals surface area contributed by atoms with Gasteiger partial charge in [-0.25, -0.2) is 9.97 Å². The molecule has 0 saturated carbocycles. The van der Waals surface area contributed by atoms with E-state index in [9.17, 15) is 0 Å². The second-order valence-corrected chi connectivity index (χ2v) is 4.05. The summed E-state index contributed by atoms with van der Waals surface area (Å²) in [6, 6.07) is 4.01. The summed E-state index contributed by atoms with van der Waals surface area (Å²) < 4.78 is 0. The Balaban J connectivity index is 2.53. The van der Waals surface area contributed by atoms with Crippen LogP contribution in [0.1, 0.15) is 24.7 Å². The minimum Gasteiger partial charge on any atom is -0.373 e. The molecule has 0 atom stereocenters. The van der Waals surface area contributed by atoms with E-state index in [2.05, 4.69) is 27.2 Å². The SMILES string of the molecule is CCCc1nc(NC)c(C)c(-c2ccc[nH]2)n1. The molecule has 0 aliphatic heterocycles. The van der Waals surface area contributed by atoms with E-state index in [0.29, 0.717) is 0 Å². The number of aromatic amines is 1. The first-order chi connectivity index (χ1) is 8.26. The zero-order valence-corrected chi connectivity index (χ0v) is 10.5. The van der Waals surface area contributed by atoms with Crippen molar-refractivity contribution in [2.24, 2.45) is 0 Å².